The van der Waals surface area contributed by atoms with Gasteiger partial charge in [0.15, 0.2) is 0 Å². The Bertz CT molecular complexity index is 194. The van der Waals surface area contributed by atoms with E-state index >= 15 is 0 Å². The molecule has 1 unspecified atom stereocenters. The van der Waals surface area contributed by atoms with Crippen molar-refractivity contribution in [3.8, 4) is 0 Å². The third-order valence-corrected chi connectivity index (χ3v) is 1.91. The van der Waals surface area contributed by atoms with Crippen molar-refractivity contribution in [2.45, 2.75) is 32.7 Å². The lowest BCUT2D eigenvalue weighted by molar-refractivity contribution is 0.535. The van der Waals surface area contributed by atoms with Crippen LogP contribution in [0, 0.1) is 0 Å². The minimum Gasteiger partial charge on any atom is -0.347 e. The molecule has 2 N–H and O–H groups in total. The van der Waals surface area contributed by atoms with E-state index in [1.807, 2.05) is 6.20 Å². The van der Waals surface area contributed by atoms with Crippen LogP contribution in [0.25, 0.3) is 0 Å². The van der Waals surface area contributed by atoms with Crippen molar-refractivity contribution < 1.29 is 0 Å². The maximum Gasteiger partial charge on any atom is 0.122 e. The summed E-state index contributed by atoms with van der Waals surface area (Å²) in [5.41, 5.74) is 0. The molecule has 0 aliphatic heterocycles. The van der Waals surface area contributed by atoms with Crippen LogP contribution >= 0.6 is 0 Å². The predicted molar refractivity (Wildman–Crippen MR) is 49.9 cm³/mol. The molecule has 0 saturated carbocycles. The molecule has 1 aromatic rings. The molecule has 1 heterocycles. The molecule has 0 bridgehead atoms. The van der Waals surface area contributed by atoms with Crippen molar-refractivity contribution >= 4 is 0 Å². The fourth-order valence-electron chi connectivity index (χ4n) is 1.11. The Balaban J connectivity index is 2.25. The van der Waals surface area contributed by atoms with Gasteiger partial charge in [-0.15, -0.1) is 0 Å². The Morgan fingerprint density at radius 3 is 3.08 bits per heavy atom. The van der Waals surface area contributed by atoms with Gasteiger partial charge in [-0.25, -0.2) is 4.98 Å². The van der Waals surface area contributed by atoms with Gasteiger partial charge in [0.2, 0.25) is 0 Å². The Hall–Kier alpha value is -0.830. The first-order chi connectivity index (χ1) is 5.84. The molecule has 0 aliphatic rings. The van der Waals surface area contributed by atoms with Gasteiger partial charge in [0.25, 0.3) is 0 Å². The molecule has 0 fully saturated rings. The minimum atomic E-state index is 0.339. The smallest absolute Gasteiger partial charge is 0.122 e. The number of unbranched alkanes of at least 4 members (excludes halogenated alkanes) is 1. The third kappa shape index (κ3) is 2.66. The summed E-state index contributed by atoms with van der Waals surface area (Å²) < 4.78 is 0. The highest BCUT2D eigenvalue weighted by atomic mass is 15.0. The van der Waals surface area contributed by atoms with Crippen LogP contribution < -0.4 is 5.32 Å². The van der Waals surface area contributed by atoms with Crippen molar-refractivity contribution in [2.75, 3.05) is 6.54 Å². The first-order valence-corrected chi connectivity index (χ1v) is 4.57. The standard InChI is InChI=1S/C9H17N3/c1-3-4-5-10-8(2)9-11-6-7-12-9/h6-8,10H,3-5H2,1-2H3,(H,11,12). The molecular weight excluding hydrogens is 150 g/mol. The van der Waals surface area contributed by atoms with Crippen LogP contribution in [0.3, 0.4) is 0 Å². The van der Waals surface area contributed by atoms with Crippen molar-refractivity contribution in [3.05, 3.63) is 18.2 Å². The summed E-state index contributed by atoms with van der Waals surface area (Å²) in [6.07, 6.45) is 6.10. The number of nitrogens with zero attached hydrogens (tertiary/aromatic N) is 1. The average Bonchev–Trinajstić information content (AvgIpc) is 2.56. The number of imidazole rings is 1. The van der Waals surface area contributed by atoms with Gasteiger partial charge in [-0.1, -0.05) is 13.3 Å². The number of aromatic nitrogens is 2. The van der Waals surface area contributed by atoms with Gasteiger partial charge in [0.1, 0.15) is 5.82 Å². The van der Waals surface area contributed by atoms with Crippen LogP contribution in [0.2, 0.25) is 0 Å². The first kappa shape index (κ1) is 9.26. The van der Waals surface area contributed by atoms with E-state index < -0.39 is 0 Å². The number of aromatic amines is 1. The van der Waals surface area contributed by atoms with E-state index in [1.165, 1.54) is 12.8 Å². The lowest BCUT2D eigenvalue weighted by atomic mass is 10.3. The van der Waals surface area contributed by atoms with E-state index in [9.17, 15) is 0 Å². The van der Waals surface area contributed by atoms with E-state index in [-0.39, 0.29) is 0 Å². The van der Waals surface area contributed by atoms with Crippen molar-refractivity contribution in [2.24, 2.45) is 0 Å². The highest BCUT2D eigenvalue weighted by molar-refractivity contribution is 4.93. The van der Waals surface area contributed by atoms with Crippen molar-refractivity contribution in [1.29, 1.82) is 0 Å². The second-order valence-corrected chi connectivity index (χ2v) is 3.00. The average molecular weight is 167 g/mol. The van der Waals surface area contributed by atoms with Gasteiger partial charge < -0.3 is 10.3 Å². The minimum absolute atomic E-state index is 0.339. The van der Waals surface area contributed by atoms with E-state index in [2.05, 4.69) is 29.1 Å². The van der Waals surface area contributed by atoms with Crippen molar-refractivity contribution in [3.63, 3.8) is 0 Å². The molecule has 0 aromatic carbocycles. The normalized spacial score (nSPS) is 13.2. The van der Waals surface area contributed by atoms with Gasteiger partial charge in [0.05, 0.1) is 6.04 Å². The molecule has 0 radical (unpaired) electrons. The topological polar surface area (TPSA) is 40.7 Å². The fraction of sp³-hybridized carbons (Fsp3) is 0.667. The summed E-state index contributed by atoms with van der Waals surface area (Å²) in [6, 6.07) is 0.339. The zero-order valence-electron chi connectivity index (χ0n) is 7.80. The van der Waals surface area contributed by atoms with Gasteiger partial charge in [-0.3, -0.25) is 0 Å². The summed E-state index contributed by atoms with van der Waals surface area (Å²) in [5.74, 6) is 1.02. The number of H-pyrrole nitrogens is 1. The Morgan fingerprint density at radius 1 is 1.67 bits per heavy atom. The second kappa shape index (κ2) is 4.93. The zero-order chi connectivity index (χ0) is 8.81. The number of rotatable bonds is 5. The van der Waals surface area contributed by atoms with Crippen molar-refractivity contribution in [1.82, 2.24) is 15.3 Å². The molecular formula is C9H17N3. The van der Waals surface area contributed by atoms with Gasteiger partial charge in [0, 0.05) is 12.4 Å². The Morgan fingerprint density at radius 2 is 2.50 bits per heavy atom. The van der Waals surface area contributed by atoms with Crippen LogP contribution in [0.15, 0.2) is 12.4 Å². The molecule has 0 spiro atoms. The molecule has 68 valence electrons. The number of nitrogens with one attached hydrogen (secondary N) is 2. The monoisotopic (exact) mass is 167 g/mol. The number of hydrogen-bond donors (Lipinski definition) is 2. The molecule has 12 heavy (non-hydrogen) atoms. The lowest BCUT2D eigenvalue weighted by Crippen LogP contribution is -2.20. The van der Waals surface area contributed by atoms with Crippen LogP contribution in [0.4, 0.5) is 0 Å². The molecule has 1 atom stereocenters. The molecule has 0 aliphatic carbocycles. The predicted octanol–water partition coefficient (Wildman–Crippen LogP) is 1.86. The van der Waals surface area contributed by atoms with E-state index in [0.717, 1.165) is 12.4 Å². The zero-order valence-corrected chi connectivity index (χ0v) is 7.80. The lowest BCUT2D eigenvalue weighted by Gasteiger charge is -2.09. The van der Waals surface area contributed by atoms with Gasteiger partial charge in [-0.2, -0.15) is 0 Å². The molecule has 0 saturated heterocycles. The van der Waals surface area contributed by atoms with Crippen LogP contribution in [0.1, 0.15) is 38.6 Å². The molecule has 1 rings (SSSR count). The maximum atomic E-state index is 4.18. The van der Waals surface area contributed by atoms with Gasteiger partial charge in [-0.05, 0) is 19.9 Å². The summed E-state index contributed by atoms with van der Waals surface area (Å²) in [5, 5.41) is 3.39. The molecule has 3 nitrogen and oxygen atoms in total. The van der Waals surface area contributed by atoms with E-state index in [0.29, 0.717) is 6.04 Å². The summed E-state index contributed by atoms with van der Waals surface area (Å²) in [7, 11) is 0. The third-order valence-electron chi connectivity index (χ3n) is 1.91. The SMILES string of the molecule is CCCCNC(C)c1ncc[nH]1. The summed E-state index contributed by atoms with van der Waals surface area (Å²) in [6.45, 7) is 5.38. The highest BCUT2D eigenvalue weighted by Gasteiger charge is 2.04. The van der Waals surface area contributed by atoms with E-state index in [1.54, 1.807) is 6.20 Å². The largest absolute Gasteiger partial charge is 0.347 e. The molecule has 0 amide bonds. The van der Waals surface area contributed by atoms with Crippen LogP contribution in [0.5, 0.6) is 0 Å². The number of hydrogen-bond acceptors (Lipinski definition) is 2. The van der Waals surface area contributed by atoms with Crippen LogP contribution in [-0.2, 0) is 0 Å². The Kier molecular flexibility index (Phi) is 3.80. The molecule has 1 aromatic heterocycles. The molecule has 3 heteroatoms. The summed E-state index contributed by atoms with van der Waals surface area (Å²) >= 11 is 0. The van der Waals surface area contributed by atoms with Gasteiger partial charge >= 0.3 is 0 Å². The van der Waals surface area contributed by atoms with E-state index in [4.69, 9.17) is 0 Å². The van der Waals surface area contributed by atoms with Crippen LogP contribution in [-0.4, -0.2) is 16.5 Å². The maximum absolute atomic E-state index is 4.18. The quantitative estimate of drug-likeness (QED) is 0.657. The highest BCUT2D eigenvalue weighted by Crippen LogP contribution is 2.04. The summed E-state index contributed by atoms with van der Waals surface area (Å²) in [4.78, 5) is 7.27. The fourth-order valence-corrected chi connectivity index (χ4v) is 1.11. The Labute approximate surface area is 73.6 Å². The first-order valence-electron chi connectivity index (χ1n) is 4.57. The second-order valence-electron chi connectivity index (χ2n) is 3.00.